The zero-order chi connectivity index (χ0) is 25.4. The van der Waals surface area contributed by atoms with Gasteiger partial charge in [0.25, 0.3) is 0 Å². The van der Waals surface area contributed by atoms with Gasteiger partial charge in [0.1, 0.15) is 11.6 Å². The molecule has 0 radical (unpaired) electrons. The molecule has 182 valence electrons. The number of rotatable bonds is 5. The lowest BCUT2D eigenvalue weighted by atomic mass is 9.96. The molecule has 0 aliphatic rings. The number of carbonyl (C=O) groups is 1. The molecule has 0 spiro atoms. The first kappa shape index (κ1) is 23.2. The summed E-state index contributed by atoms with van der Waals surface area (Å²) >= 11 is 0. The van der Waals surface area contributed by atoms with E-state index in [1.165, 1.54) is 6.07 Å². The van der Waals surface area contributed by atoms with E-state index >= 15 is 4.39 Å². The van der Waals surface area contributed by atoms with Crippen molar-refractivity contribution in [1.29, 1.82) is 0 Å². The van der Waals surface area contributed by atoms with Crippen molar-refractivity contribution in [3.05, 3.63) is 77.8 Å². The molecule has 5 aromatic rings. The Balaban J connectivity index is 1.37. The highest BCUT2D eigenvalue weighted by molar-refractivity contribution is 5.92. The average molecular weight is 486 g/mol. The van der Waals surface area contributed by atoms with E-state index in [1.807, 2.05) is 39.0 Å². The van der Waals surface area contributed by atoms with Crippen molar-refractivity contribution in [1.82, 2.24) is 30.4 Å². The second kappa shape index (κ2) is 8.88. The number of nitrogens with zero attached hydrogens (tertiary/aromatic N) is 4. The lowest BCUT2D eigenvalue weighted by molar-refractivity contribution is 0.0906. The third-order valence-electron chi connectivity index (χ3n) is 5.65. The minimum Gasteiger partial charge on any atom is -0.399 e. The molecule has 0 aliphatic heterocycles. The Kier molecular flexibility index (Phi) is 5.71. The predicted molar refractivity (Wildman–Crippen MR) is 133 cm³/mol. The Morgan fingerprint density at radius 3 is 2.67 bits per heavy atom. The van der Waals surface area contributed by atoms with Crippen molar-refractivity contribution in [3.63, 3.8) is 0 Å². The zero-order valence-corrected chi connectivity index (χ0v) is 20.0. The van der Waals surface area contributed by atoms with Gasteiger partial charge in [0.05, 0.1) is 5.52 Å². The van der Waals surface area contributed by atoms with Crippen molar-refractivity contribution >= 4 is 22.8 Å². The van der Waals surface area contributed by atoms with Crippen LogP contribution < -0.4 is 11.1 Å². The maximum absolute atomic E-state index is 15.0. The standard InChI is InChI=1S/C26H24FN7O2/c1-26(2,3)25-33-24(36-34-25)23(35)30-13-16-8-7-14(12-19(16)27)18-9-10-29-22-20(18)31-21(32-22)15-5-4-6-17(28)11-15/h4-12H,13,28H2,1-3H3,(H,30,35)(H,29,31,32). The van der Waals surface area contributed by atoms with Gasteiger partial charge in [-0.3, -0.25) is 4.79 Å². The Morgan fingerprint density at radius 1 is 1.11 bits per heavy atom. The van der Waals surface area contributed by atoms with Gasteiger partial charge in [-0.1, -0.05) is 50.2 Å². The molecule has 0 aliphatic carbocycles. The van der Waals surface area contributed by atoms with Crippen molar-refractivity contribution < 1.29 is 13.7 Å². The number of benzene rings is 2. The Morgan fingerprint density at radius 2 is 1.94 bits per heavy atom. The van der Waals surface area contributed by atoms with Crippen molar-refractivity contribution in [2.75, 3.05) is 5.73 Å². The Bertz CT molecular complexity index is 1580. The maximum Gasteiger partial charge on any atom is 0.315 e. The summed E-state index contributed by atoms with van der Waals surface area (Å²) in [4.78, 5) is 28.7. The van der Waals surface area contributed by atoms with E-state index in [0.717, 1.165) is 11.1 Å². The molecule has 10 heteroatoms. The quantitative estimate of drug-likeness (QED) is 0.309. The fourth-order valence-corrected chi connectivity index (χ4v) is 3.70. The summed E-state index contributed by atoms with van der Waals surface area (Å²) in [5, 5.41) is 6.46. The summed E-state index contributed by atoms with van der Waals surface area (Å²) in [6.07, 6.45) is 1.63. The third kappa shape index (κ3) is 4.52. The molecule has 0 atom stereocenters. The van der Waals surface area contributed by atoms with E-state index in [4.69, 9.17) is 10.3 Å². The van der Waals surface area contributed by atoms with Crippen LogP contribution in [-0.2, 0) is 12.0 Å². The number of anilines is 1. The number of imidazole rings is 1. The molecule has 3 aromatic heterocycles. The predicted octanol–water partition coefficient (Wildman–Crippen LogP) is 4.62. The number of aromatic nitrogens is 5. The molecular formula is C26H24FN7O2. The molecular weight excluding hydrogens is 461 g/mol. The molecule has 36 heavy (non-hydrogen) atoms. The molecule has 1 amide bonds. The highest BCUT2D eigenvalue weighted by Crippen LogP contribution is 2.30. The number of aromatic amines is 1. The van der Waals surface area contributed by atoms with Crippen LogP contribution in [0.1, 0.15) is 42.8 Å². The molecule has 0 saturated heterocycles. The molecule has 4 N–H and O–H groups in total. The van der Waals surface area contributed by atoms with E-state index < -0.39 is 11.7 Å². The number of halogens is 1. The van der Waals surface area contributed by atoms with Gasteiger partial charge in [0.2, 0.25) is 0 Å². The molecule has 3 heterocycles. The van der Waals surface area contributed by atoms with E-state index in [-0.39, 0.29) is 17.9 Å². The van der Waals surface area contributed by atoms with Crippen LogP contribution in [0.2, 0.25) is 0 Å². The lowest BCUT2D eigenvalue weighted by Gasteiger charge is -2.10. The number of carbonyl (C=O) groups excluding carboxylic acids is 1. The summed E-state index contributed by atoms with van der Waals surface area (Å²) in [5.74, 6) is -0.151. The van der Waals surface area contributed by atoms with Gasteiger partial charge >= 0.3 is 11.8 Å². The average Bonchev–Trinajstić information content (AvgIpc) is 3.51. The van der Waals surface area contributed by atoms with E-state index in [0.29, 0.717) is 39.6 Å². The van der Waals surface area contributed by atoms with E-state index in [9.17, 15) is 4.79 Å². The smallest absolute Gasteiger partial charge is 0.315 e. The Hall–Kier alpha value is -4.60. The van der Waals surface area contributed by atoms with Crippen molar-refractivity contribution in [2.45, 2.75) is 32.7 Å². The van der Waals surface area contributed by atoms with Crippen LogP contribution in [0, 0.1) is 5.82 Å². The van der Waals surface area contributed by atoms with Crippen LogP contribution >= 0.6 is 0 Å². The van der Waals surface area contributed by atoms with Crippen LogP contribution in [0.3, 0.4) is 0 Å². The van der Waals surface area contributed by atoms with Gasteiger partial charge in [-0.2, -0.15) is 4.98 Å². The topological polar surface area (TPSA) is 136 Å². The Labute approximate surface area is 206 Å². The molecule has 5 rings (SSSR count). The number of fused-ring (bicyclic) bond motifs is 1. The second-order valence-electron chi connectivity index (χ2n) is 9.43. The second-order valence-corrected chi connectivity index (χ2v) is 9.43. The van der Waals surface area contributed by atoms with Gasteiger partial charge < -0.3 is 20.6 Å². The molecule has 0 bridgehead atoms. The van der Waals surface area contributed by atoms with Gasteiger partial charge in [-0.05, 0) is 29.8 Å². The highest BCUT2D eigenvalue weighted by atomic mass is 19.1. The van der Waals surface area contributed by atoms with Gasteiger partial charge in [-0.15, -0.1) is 0 Å². The van der Waals surface area contributed by atoms with Crippen LogP contribution in [-0.4, -0.2) is 31.0 Å². The molecule has 9 nitrogen and oxygen atoms in total. The summed E-state index contributed by atoms with van der Waals surface area (Å²) in [7, 11) is 0. The lowest BCUT2D eigenvalue weighted by Crippen LogP contribution is -2.24. The molecule has 0 saturated carbocycles. The fourth-order valence-electron chi connectivity index (χ4n) is 3.70. The minimum atomic E-state index is -0.566. The normalized spacial score (nSPS) is 11.7. The first-order valence-electron chi connectivity index (χ1n) is 11.3. The summed E-state index contributed by atoms with van der Waals surface area (Å²) < 4.78 is 20.0. The summed E-state index contributed by atoms with van der Waals surface area (Å²) in [5.41, 5.74) is 9.90. The minimum absolute atomic E-state index is 0.0342. The van der Waals surface area contributed by atoms with Crippen LogP contribution in [0.4, 0.5) is 10.1 Å². The monoisotopic (exact) mass is 485 g/mol. The van der Waals surface area contributed by atoms with Crippen LogP contribution in [0.15, 0.2) is 59.3 Å². The van der Waals surface area contributed by atoms with Gasteiger partial charge in [0, 0.05) is 40.5 Å². The zero-order valence-electron chi connectivity index (χ0n) is 20.0. The highest BCUT2D eigenvalue weighted by Gasteiger charge is 2.24. The van der Waals surface area contributed by atoms with E-state index in [2.05, 4.69) is 30.4 Å². The number of H-pyrrole nitrogens is 1. The number of nitrogens with two attached hydrogens (primary N) is 1. The number of nitrogens with one attached hydrogen (secondary N) is 2. The molecule has 0 unspecified atom stereocenters. The third-order valence-corrected chi connectivity index (χ3v) is 5.65. The number of hydrogen-bond donors (Lipinski definition) is 3. The fraction of sp³-hybridized carbons (Fsp3) is 0.192. The molecule has 0 fully saturated rings. The van der Waals surface area contributed by atoms with E-state index in [1.54, 1.807) is 30.5 Å². The van der Waals surface area contributed by atoms with Crippen molar-refractivity contribution in [2.24, 2.45) is 0 Å². The van der Waals surface area contributed by atoms with Crippen molar-refractivity contribution in [3.8, 4) is 22.5 Å². The molecule has 2 aromatic carbocycles. The number of hydrogen-bond acceptors (Lipinski definition) is 7. The number of pyridine rings is 1. The SMILES string of the molecule is CC(C)(C)c1noc(C(=O)NCc2ccc(-c3ccnc4nc(-c5cccc(N)c5)[nH]c34)cc2F)n1. The van der Waals surface area contributed by atoms with Gasteiger partial charge in [0.15, 0.2) is 11.5 Å². The first-order chi connectivity index (χ1) is 17.2. The van der Waals surface area contributed by atoms with Crippen LogP contribution in [0.5, 0.6) is 0 Å². The summed E-state index contributed by atoms with van der Waals surface area (Å²) in [6, 6.07) is 14.0. The number of nitrogen functional groups attached to an aromatic ring is 1. The van der Waals surface area contributed by atoms with Gasteiger partial charge in [-0.25, -0.2) is 14.4 Å². The largest absolute Gasteiger partial charge is 0.399 e. The maximum atomic E-state index is 15.0. The first-order valence-corrected chi connectivity index (χ1v) is 11.3. The number of amides is 1. The summed E-state index contributed by atoms with van der Waals surface area (Å²) in [6.45, 7) is 5.70. The van der Waals surface area contributed by atoms with Crippen LogP contribution in [0.25, 0.3) is 33.7 Å².